The number of carboxylic acid groups (broad SMARTS) is 1. The van der Waals surface area contributed by atoms with Gasteiger partial charge in [-0.25, -0.2) is 9.59 Å². The second-order valence-corrected chi connectivity index (χ2v) is 8.72. The summed E-state index contributed by atoms with van der Waals surface area (Å²) in [6.45, 7) is 4.04. The van der Waals surface area contributed by atoms with Crippen LogP contribution in [0.15, 0.2) is 60.2 Å². The van der Waals surface area contributed by atoms with Gasteiger partial charge in [-0.15, -0.1) is 0 Å². The molecule has 3 rings (SSSR count). The average molecular weight is 481 g/mol. The van der Waals surface area contributed by atoms with Crippen molar-refractivity contribution in [3.8, 4) is 11.1 Å². The van der Waals surface area contributed by atoms with Crippen LogP contribution in [-0.4, -0.2) is 55.5 Å². The highest BCUT2D eigenvalue weighted by Gasteiger charge is 2.30. The number of nitrogens with one attached hydrogen (secondary N) is 2. The van der Waals surface area contributed by atoms with Crippen molar-refractivity contribution in [1.29, 1.82) is 0 Å². The number of fused-ring (bicyclic) bond motifs is 3. The Morgan fingerprint density at radius 1 is 0.971 bits per heavy atom. The van der Waals surface area contributed by atoms with Gasteiger partial charge in [0.25, 0.3) is 0 Å². The first kappa shape index (κ1) is 26.0. The van der Waals surface area contributed by atoms with E-state index in [-0.39, 0.29) is 32.0 Å². The molecule has 0 bridgehead atoms. The maximum absolute atomic E-state index is 12.8. The van der Waals surface area contributed by atoms with Crippen molar-refractivity contribution >= 4 is 18.0 Å². The first-order valence-corrected chi connectivity index (χ1v) is 11.6. The molecular weight excluding hydrogens is 448 g/mol. The fourth-order valence-electron chi connectivity index (χ4n) is 4.13. The second kappa shape index (κ2) is 12.2. The van der Waals surface area contributed by atoms with E-state index in [1.165, 1.54) is 7.11 Å². The fraction of sp³-hybridized carbons (Fsp3) is 0.370. The minimum atomic E-state index is -1.17. The standard InChI is InChI=1S/C27H32N2O6/c1-17(2)12-13-23(25(30)28-24(26(31)32)14-15-34-3)29-27(33)35-16-22-20-10-6-4-8-18(20)19-9-5-7-11-21(19)22/h4-12,22-24H,13-16H2,1-3H3,(H,28,30)(H,29,33)(H,31,32). The van der Waals surface area contributed by atoms with Crippen molar-refractivity contribution in [3.05, 3.63) is 71.3 Å². The molecule has 8 heteroatoms. The number of ether oxygens (including phenoxy) is 2. The molecule has 0 radical (unpaired) electrons. The molecule has 0 saturated carbocycles. The Bertz CT molecular complexity index is 1050. The predicted molar refractivity (Wildman–Crippen MR) is 132 cm³/mol. The zero-order valence-electron chi connectivity index (χ0n) is 20.2. The van der Waals surface area contributed by atoms with Crippen LogP contribution in [0.3, 0.4) is 0 Å². The molecule has 2 aromatic carbocycles. The molecule has 2 aromatic rings. The van der Waals surface area contributed by atoms with E-state index in [2.05, 4.69) is 22.8 Å². The molecular formula is C27H32N2O6. The minimum Gasteiger partial charge on any atom is -0.480 e. The topological polar surface area (TPSA) is 114 Å². The van der Waals surface area contributed by atoms with Gasteiger partial charge in [-0.05, 0) is 42.5 Å². The highest BCUT2D eigenvalue weighted by Crippen LogP contribution is 2.44. The number of aliphatic carboxylic acids is 1. The number of methoxy groups -OCH3 is 1. The van der Waals surface area contributed by atoms with Gasteiger partial charge in [-0.1, -0.05) is 60.2 Å². The molecule has 0 aromatic heterocycles. The molecule has 0 fully saturated rings. The minimum absolute atomic E-state index is 0.108. The lowest BCUT2D eigenvalue weighted by molar-refractivity contribution is -0.142. The van der Waals surface area contributed by atoms with Crippen molar-refractivity contribution in [3.63, 3.8) is 0 Å². The van der Waals surface area contributed by atoms with Crippen molar-refractivity contribution in [2.45, 2.75) is 44.7 Å². The molecule has 0 saturated heterocycles. The summed E-state index contributed by atoms with van der Waals surface area (Å²) in [5.74, 6) is -1.87. The molecule has 0 spiro atoms. The summed E-state index contributed by atoms with van der Waals surface area (Å²) in [7, 11) is 1.46. The maximum atomic E-state index is 12.8. The molecule has 1 aliphatic carbocycles. The van der Waals surface area contributed by atoms with Crippen molar-refractivity contribution < 1.29 is 29.0 Å². The van der Waals surface area contributed by atoms with E-state index < -0.39 is 30.1 Å². The molecule has 0 heterocycles. The quantitative estimate of drug-likeness (QED) is 0.421. The summed E-state index contributed by atoms with van der Waals surface area (Å²) in [6, 6.07) is 13.9. The zero-order valence-corrected chi connectivity index (χ0v) is 20.2. The highest BCUT2D eigenvalue weighted by atomic mass is 16.5. The van der Waals surface area contributed by atoms with E-state index in [4.69, 9.17) is 9.47 Å². The third-order valence-electron chi connectivity index (χ3n) is 5.94. The molecule has 35 heavy (non-hydrogen) atoms. The van der Waals surface area contributed by atoms with E-state index >= 15 is 0 Å². The molecule has 2 unspecified atom stereocenters. The van der Waals surface area contributed by atoms with Crippen LogP contribution in [0.4, 0.5) is 4.79 Å². The van der Waals surface area contributed by atoms with E-state index in [9.17, 15) is 19.5 Å². The Hall–Kier alpha value is -3.65. The van der Waals surface area contributed by atoms with E-state index in [1.807, 2.05) is 50.2 Å². The van der Waals surface area contributed by atoms with Gasteiger partial charge < -0.3 is 25.2 Å². The van der Waals surface area contributed by atoms with Gasteiger partial charge in [0.1, 0.15) is 18.7 Å². The predicted octanol–water partition coefficient (Wildman–Crippen LogP) is 3.86. The van der Waals surface area contributed by atoms with Crippen LogP contribution in [-0.2, 0) is 19.1 Å². The smallest absolute Gasteiger partial charge is 0.407 e. The van der Waals surface area contributed by atoms with Crippen LogP contribution in [0.25, 0.3) is 11.1 Å². The van der Waals surface area contributed by atoms with Gasteiger partial charge in [-0.3, -0.25) is 4.79 Å². The van der Waals surface area contributed by atoms with E-state index in [0.29, 0.717) is 0 Å². The summed E-state index contributed by atoms with van der Waals surface area (Å²) in [4.78, 5) is 37.1. The zero-order chi connectivity index (χ0) is 25.4. The number of hydrogen-bond donors (Lipinski definition) is 3. The number of allylic oxidation sites excluding steroid dienone is 1. The Morgan fingerprint density at radius 2 is 1.57 bits per heavy atom. The third-order valence-corrected chi connectivity index (χ3v) is 5.94. The lowest BCUT2D eigenvalue weighted by Crippen LogP contribution is -2.51. The van der Waals surface area contributed by atoms with Crippen LogP contribution in [0.5, 0.6) is 0 Å². The molecule has 3 N–H and O–H groups in total. The van der Waals surface area contributed by atoms with Gasteiger partial charge >= 0.3 is 12.1 Å². The van der Waals surface area contributed by atoms with Crippen LogP contribution >= 0.6 is 0 Å². The summed E-state index contributed by atoms with van der Waals surface area (Å²) in [5.41, 5.74) is 5.37. The number of alkyl carbamates (subject to hydrolysis) is 1. The number of benzene rings is 2. The second-order valence-electron chi connectivity index (χ2n) is 8.72. The van der Waals surface area contributed by atoms with Gasteiger partial charge in [0.05, 0.1) is 0 Å². The molecule has 1 aliphatic rings. The van der Waals surface area contributed by atoms with Gasteiger partial charge in [0, 0.05) is 26.1 Å². The van der Waals surface area contributed by atoms with Gasteiger partial charge in [0.2, 0.25) is 5.91 Å². The van der Waals surface area contributed by atoms with Crippen molar-refractivity contribution in [1.82, 2.24) is 10.6 Å². The number of carboxylic acids is 1. The third kappa shape index (κ3) is 6.70. The van der Waals surface area contributed by atoms with Crippen LogP contribution in [0, 0.1) is 0 Å². The lowest BCUT2D eigenvalue weighted by Gasteiger charge is -2.21. The largest absolute Gasteiger partial charge is 0.480 e. The lowest BCUT2D eigenvalue weighted by atomic mass is 9.98. The van der Waals surface area contributed by atoms with Crippen molar-refractivity contribution in [2.75, 3.05) is 20.3 Å². The molecule has 0 aliphatic heterocycles. The normalized spacial score (nSPS) is 13.7. The summed E-state index contributed by atoms with van der Waals surface area (Å²) in [5, 5.41) is 14.5. The molecule has 2 atom stereocenters. The number of carbonyl (C=O) groups excluding carboxylic acids is 2. The van der Waals surface area contributed by atoms with Crippen LogP contribution in [0.1, 0.15) is 43.7 Å². The maximum Gasteiger partial charge on any atom is 0.407 e. The van der Waals surface area contributed by atoms with Crippen molar-refractivity contribution in [2.24, 2.45) is 0 Å². The average Bonchev–Trinajstić information content (AvgIpc) is 3.16. The molecule has 186 valence electrons. The highest BCUT2D eigenvalue weighted by molar-refractivity contribution is 5.89. The number of hydrogen-bond acceptors (Lipinski definition) is 5. The Kier molecular flexibility index (Phi) is 9.03. The van der Waals surface area contributed by atoms with E-state index in [0.717, 1.165) is 27.8 Å². The monoisotopic (exact) mass is 480 g/mol. The number of carbonyl (C=O) groups is 3. The number of amides is 2. The van der Waals surface area contributed by atoms with Gasteiger partial charge in [0.15, 0.2) is 0 Å². The van der Waals surface area contributed by atoms with Crippen LogP contribution in [0.2, 0.25) is 0 Å². The molecule has 2 amide bonds. The van der Waals surface area contributed by atoms with E-state index in [1.54, 1.807) is 6.08 Å². The first-order valence-electron chi connectivity index (χ1n) is 11.6. The van der Waals surface area contributed by atoms with Gasteiger partial charge in [-0.2, -0.15) is 0 Å². The Morgan fingerprint density at radius 3 is 2.11 bits per heavy atom. The Labute approximate surface area is 205 Å². The Balaban J connectivity index is 1.67. The summed E-state index contributed by atoms with van der Waals surface area (Å²) < 4.78 is 10.5. The SMILES string of the molecule is COCCC(NC(=O)C(CC=C(C)C)NC(=O)OCC1c2ccccc2-c2ccccc21)C(=O)O. The number of rotatable bonds is 11. The summed E-state index contributed by atoms with van der Waals surface area (Å²) >= 11 is 0. The molecule has 8 nitrogen and oxygen atoms in total. The van der Waals surface area contributed by atoms with Crippen LogP contribution < -0.4 is 10.6 Å². The first-order chi connectivity index (χ1) is 16.8. The fourth-order valence-corrected chi connectivity index (χ4v) is 4.13. The summed E-state index contributed by atoms with van der Waals surface area (Å²) in [6.07, 6.45) is 1.38.